The van der Waals surface area contributed by atoms with Gasteiger partial charge in [0.1, 0.15) is 17.2 Å². The molecule has 3 aromatic rings. The average Bonchev–Trinajstić information content (AvgIpc) is 3.28. The minimum absolute atomic E-state index is 0.372. The van der Waals surface area contributed by atoms with Gasteiger partial charge in [-0.3, -0.25) is 4.90 Å². The molecule has 0 aromatic heterocycles. The van der Waals surface area contributed by atoms with Gasteiger partial charge in [0, 0.05) is 36.1 Å². The largest absolute Gasteiger partial charge is 0.497 e. The highest BCUT2D eigenvalue weighted by atomic mass is 16.6. The van der Waals surface area contributed by atoms with Crippen LogP contribution in [0.25, 0.3) is 11.3 Å². The fourth-order valence-corrected chi connectivity index (χ4v) is 4.18. The van der Waals surface area contributed by atoms with Gasteiger partial charge in [-0.05, 0) is 64.7 Å². The zero-order valence-electron chi connectivity index (χ0n) is 18.6. The number of hydrogen-bond acceptors (Lipinski definition) is 5. The number of amides is 1. The zero-order valence-corrected chi connectivity index (χ0v) is 18.6. The molecule has 0 fully saturated rings. The van der Waals surface area contributed by atoms with Gasteiger partial charge in [0.2, 0.25) is 0 Å². The number of fused-ring (bicyclic) bond motifs is 2. The SMILES string of the molecule is C=C1NC=C(c2ccc(OC(=O)N3Cc4ccc(OC)cc4C3)cc2)c2cc(OC)ccc21. The van der Waals surface area contributed by atoms with Crippen molar-refractivity contribution in [1.29, 1.82) is 0 Å². The van der Waals surface area contributed by atoms with Crippen LogP contribution in [-0.2, 0) is 13.1 Å². The maximum Gasteiger partial charge on any atom is 0.415 e. The molecular weight excluding hydrogens is 416 g/mol. The van der Waals surface area contributed by atoms with Crippen LogP contribution >= 0.6 is 0 Å². The maximum atomic E-state index is 12.7. The number of benzene rings is 3. The Hall–Kier alpha value is -4.19. The van der Waals surface area contributed by atoms with E-state index in [0.29, 0.717) is 18.8 Å². The van der Waals surface area contributed by atoms with Crippen molar-refractivity contribution in [2.75, 3.05) is 14.2 Å². The van der Waals surface area contributed by atoms with Crippen LogP contribution in [0.4, 0.5) is 4.79 Å². The third-order valence-electron chi connectivity index (χ3n) is 6.00. The molecule has 0 unspecified atom stereocenters. The summed E-state index contributed by atoms with van der Waals surface area (Å²) in [6.45, 7) is 5.11. The van der Waals surface area contributed by atoms with E-state index in [2.05, 4.69) is 11.9 Å². The Balaban J connectivity index is 1.31. The second-order valence-electron chi connectivity index (χ2n) is 7.98. The maximum absolute atomic E-state index is 12.7. The first-order valence-electron chi connectivity index (χ1n) is 10.6. The molecule has 1 N–H and O–H groups in total. The fourth-order valence-electron chi connectivity index (χ4n) is 4.18. The van der Waals surface area contributed by atoms with Crippen LogP contribution in [0.5, 0.6) is 17.2 Å². The third-order valence-corrected chi connectivity index (χ3v) is 6.00. The molecule has 3 aromatic carbocycles. The second kappa shape index (κ2) is 8.39. The van der Waals surface area contributed by atoms with Crippen LogP contribution < -0.4 is 19.5 Å². The molecule has 0 radical (unpaired) electrons. The van der Waals surface area contributed by atoms with E-state index < -0.39 is 0 Å². The van der Waals surface area contributed by atoms with Gasteiger partial charge in [-0.1, -0.05) is 24.8 Å². The third kappa shape index (κ3) is 3.91. The average molecular weight is 440 g/mol. The van der Waals surface area contributed by atoms with Crippen LogP contribution in [0.15, 0.2) is 73.4 Å². The molecule has 0 aliphatic carbocycles. The molecule has 2 aliphatic rings. The first-order valence-corrected chi connectivity index (χ1v) is 10.6. The lowest BCUT2D eigenvalue weighted by atomic mass is 9.91. The number of nitrogens with zero attached hydrogens (tertiary/aromatic N) is 1. The minimum Gasteiger partial charge on any atom is -0.497 e. The molecular formula is C27H24N2O4. The second-order valence-corrected chi connectivity index (χ2v) is 7.98. The lowest BCUT2D eigenvalue weighted by Crippen LogP contribution is -2.28. The summed E-state index contributed by atoms with van der Waals surface area (Å²) >= 11 is 0. The summed E-state index contributed by atoms with van der Waals surface area (Å²) in [6, 6.07) is 19.3. The number of methoxy groups -OCH3 is 2. The zero-order chi connectivity index (χ0) is 22.9. The summed E-state index contributed by atoms with van der Waals surface area (Å²) in [6.07, 6.45) is 1.56. The van der Waals surface area contributed by atoms with Crippen LogP contribution in [0.1, 0.15) is 27.8 Å². The predicted octanol–water partition coefficient (Wildman–Crippen LogP) is 5.18. The topological polar surface area (TPSA) is 60.0 Å². The smallest absolute Gasteiger partial charge is 0.415 e. The normalized spacial score (nSPS) is 14.1. The minimum atomic E-state index is -0.372. The van der Waals surface area contributed by atoms with Gasteiger partial charge < -0.3 is 19.5 Å². The van der Waals surface area contributed by atoms with E-state index in [-0.39, 0.29) is 6.09 Å². The van der Waals surface area contributed by atoms with E-state index in [1.54, 1.807) is 19.1 Å². The van der Waals surface area contributed by atoms with Crippen molar-refractivity contribution in [3.05, 3.63) is 101 Å². The number of hydrogen-bond donors (Lipinski definition) is 1. The van der Waals surface area contributed by atoms with Crippen molar-refractivity contribution in [2.45, 2.75) is 13.1 Å². The molecule has 0 atom stereocenters. The Morgan fingerprint density at radius 1 is 0.848 bits per heavy atom. The standard InChI is InChI=1S/C27H24N2O4/c1-17-24-11-10-23(32-3)13-25(24)26(14-28-17)18-4-7-21(8-5-18)33-27(30)29-15-19-6-9-22(31-2)12-20(19)16-29/h4-14,28H,1,15-16H2,2-3H3. The highest BCUT2D eigenvalue weighted by Crippen LogP contribution is 2.35. The molecule has 33 heavy (non-hydrogen) atoms. The number of carbonyl (C=O) groups excluding carboxylic acids is 1. The highest BCUT2D eigenvalue weighted by Gasteiger charge is 2.25. The van der Waals surface area contributed by atoms with Crippen molar-refractivity contribution in [3.8, 4) is 17.2 Å². The van der Waals surface area contributed by atoms with Gasteiger partial charge in [0.05, 0.1) is 14.2 Å². The molecule has 0 spiro atoms. The van der Waals surface area contributed by atoms with E-state index in [1.165, 1.54) is 0 Å². The molecule has 0 bridgehead atoms. The van der Waals surface area contributed by atoms with Gasteiger partial charge >= 0.3 is 6.09 Å². The van der Waals surface area contributed by atoms with Gasteiger partial charge in [0.25, 0.3) is 0 Å². The summed E-state index contributed by atoms with van der Waals surface area (Å²) in [5.41, 5.74) is 7.08. The predicted molar refractivity (Wildman–Crippen MR) is 127 cm³/mol. The van der Waals surface area contributed by atoms with Gasteiger partial charge in [-0.15, -0.1) is 0 Å². The van der Waals surface area contributed by atoms with Crippen LogP contribution in [-0.4, -0.2) is 25.2 Å². The molecule has 2 heterocycles. The first kappa shape index (κ1) is 20.7. The summed E-state index contributed by atoms with van der Waals surface area (Å²) in [7, 11) is 3.29. The Morgan fingerprint density at radius 2 is 1.52 bits per heavy atom. The van der Waals surface area contributed by atoms with E-state index in [0.717, 1.165) is 50.6 Å². The molecule has 166 valence electrons. The number of carbonyl (C=O) groups is 1. The molecule has 2 aliphatic heterocycles. The number of ether oxygens (including phenoxy) is 3. The number of rotatable bonds is 4. The Kier molecular flexibility index (Phi) is 5.26. The molecule has 6 heteroatoms. The van der Waals surface area contributed by atoms with E-state index in [4.69, 9.17) is 14.2 Å². The van der Waals surface area contributed by atoms with Crippen molar-refractivity contribution in [3.63, 3.8) is 0 Å². The Labute approximate surface area is 192 Å². The molecule has 6 nitrogen and oxygen atoms in total. The lowest BCUT2D eigenvalue weighted by molar-refractivity contribution is 0.152. The summed E-state index contributed by atoms with van der Waals surface area (Å²) in [4.78, 5) is 14.4. The van der Waals surface area contributed by atoms with Crippen LogP contribution in [0.3, 0.4) is 0 Å². The van der Waals surface area contributed by atoms with Crippen molar-refractivity contribution >= 4 is 17.4 Å². The summed E-state index contributed by atoms with van der Waals surface area (Å²) in [5, 5.41) is 3.23. The van der Waals surface area contributed by atoms with E-state index >= 15 is 0 Å². The van der Waals surface area contributed by atoms with Crippen molar-refractivity contribution in [2.24, 2.45) is 0 Å². The lowest BCUT2D eigenvalue weighted by Gasteiger charge is -2.22. The van der Waals surface area contributed by atoms with Crippen LogP contribution in [0, 0.1) is 0 Å². The van der Waals surface area contributed by atoms with Gasteiger partial charge in [0.15, 0.2) is 0 Å². The molecule has 0 saturated heterocycles. The monoisotopic (exact) mass is 440 g/mol. The fraction of sp³-hybridized carbons (Fsp3) is 0.148. The van der Waals surface area contributed by atoms with Crippen LogP contribution in [0.2, 0.25) is 0 Å². The van der Waals surface area contributed by atoms with Crippen molar-refractivity contribution < 1.29 is 19.0 Å². The van der Waals surface area contributed by atoms with E-state index in [9.17, 15) is 4.79 Å². The highest BCUT2D eigenvalue weighted by molar-refractivity contribution is 5.90. The number of nitrogens with one attached hydrogen (secondary N) is 1. The molecule has 5 rings (SSSR count). The van der Waals surface area contributed by atoms with Crippen molar-refractivity contribution in [1.82, 2.24) is 10.2 Å². The molecule has 1 amide bonds. The Bertz CT molecular complexity index is 1280. The quantitative estimate of drug-likeness (QED) is 0.606. The Morgan fingerprint density at radius 3 is 2.27 bits per heavy atom. The van der Waals surface area contributed by atoms with Gasteiger partial charge in [-0.25, -0.2) is 4.79 Å². The van der Waals surface area contributed by atoms with E-state index in [1.807, 2.05) is 66.9 Å². The summed E-state index contributed by atoms with van der Waals surface area (Å²) in [5.74, 6) is 2.06. The van der Waals surface area contributed by atoms with Gasteiger partial charge in [-0.2, -0.15) is 0 Å². The molecule has 0 saturated carbocycles. The first-order chi connectivity index (χ1) is 16.1. The summed E-state index contributed by atoms with van der Waals surface area (Å²) < 4.78 is 16.3.